The first-order valence-corrected chi connectivity index (χ1v) is 8.36. The van der Waals surface area contributed by atoms with Gasteiger partial charge in [0.2, 0.25) is 0 Å². The minimum absolute atomic E-state index is 0.112. The molecular formula is C18H26N2O3. The summed E-state index contributed by atoms with van der Waals surface area (Å²) in [4.78, 5) is 26.2. The van der Waals surface area contributed by atoms with Crippen LogP contribution in [0.1, 0.15) is 45.1 Å². The van der Waals surface area contributed by atoms with Gasteiger partial charge in [0.25, 0.3) is 5.91 Å². The van der Waals surface area contributed by atoms with E-state index < -0.39 is 5.54 Å². The van der Waals surface area contributed by atoms with Gasteiger partial charge in [0, 0.05) is 0 Å². The Hall–Kier alpha value is -2.04. The summed E-state index contributed by atoms with van der Waals surface area (Å²) < 4.78 is 5.66. The van der Waals surface area contributed by atoms with Crippen molar-refractivity contribution in [3.05, 3.63) is 29.8 Å². The fraction of sp³-hybridized carbons (Fsp3) is 0.556. The maximum absolute atomic E-state index is 12.7. The zero-order valence-electron chi connectivity index (χ0n) is 14.2. The summed E-state index contributed by atoms with van der Waals surface area (Å²) in [5.74, 6) is 0.643. The highest BCUT2D eigenvalue weighted by molar-refractivity contribution is 6.07. The lowest BCUT2D eigenvalue weighted by molar-refractivity contribution is -0.132. The molecule has 5 nitrogen and oxygen atoms in total. The van der Waals surface area contributed by atoms with Crippen LogP contribution < -0.4 is 10.1 Å². The van der Waals surface area contributed by atoms with Gasteiger partial charge in [0.05, 0.1) is 6.54 Å². The molecule has 1 aromatic rings. The Morgan fingerprint density at radius 2 is 1.87 bits per heavy atom. The van der Waals surface area contributed by atoms with Crippen molar-refractivity contribution < 1.29 is 14.3 Å². The highest BCUT2D eigenvalue weighted by atomic mass is 16.5. The average Bonchev–Trinajstić information content (AvgIpc) is 2.72. The van der Waals surface area contributed by atoms with Gasteiger partial charge in [0.15, 0.2) is 0 Å². The molecule has 3 amide bonds. The number of benzene rings is 1. The van der Waals surface area contributed by atoms with Crippen molar-refractivity contribution in [1.82, 2.24) is 10.2 Å². The Morgan fingerprint density at radius 1 is 1.17 bits per heavy atom. The third-order valence-electron chi connectivity index (χ3n) is 4.17. The van der Waals surface area contributed by atoms with Gasteiger partial charge >= 0.3 is 6.03 Å². The Kier molecular flexibility index (Phi) is 5.64. The number of carbonyl (C=O) groups excluding carboxylic acids is 2. The van der Waals surface area contributed by atoms with Crippen LogP contribution in [0.5, 0.6) is 5.75 Å². The number of ether oxygens (including phenoxy) is 1. The van der Waals surface area contributed by atoms with Gasteiger partial charge in [-0.3, -0.25) is 9.69 Å². The SMILES string of the molecule is CCCC1(CCC)NC(=O)N(CCOc2cccc(C)c2)C1=O. The van der Waals surface area contributed by atoms with E-state index in [1.807, 2.05) is 45.0 Å². The van der Waals surface area contributed by atoms with Gasteiger partial charge in [-0.2, -0.15) is 0 Å². The molecule has 1 aliphatic rings. The molecule has 2 rings (SSSR count). The summed E-state index contributed by atoms with van der Waals surface area (Å²) in [7, 11) is 0. The molecule has 1 aromatic carbocycles. The second-order valence-electron chi connectivity index (χ2n) is 6.13. The number of amides is 3. The van der Waals surface area contributed by atoms with Gasteiger partial charge in [-0.15, -0.1) is 0 Å². The van der Waals surface area contributed by atoms with Crippen molar-refractivity contribution in [3.63, 3.8) is 0 Å². The summed E-state index contributed by atoms with van der Waals surface area (Å²) in [6.45, 7) is 6.62. The normalized spacial score (nSPS) is 16.6. The van der Waals surface area contributed by atoms with E-state index in [1.165, 1.54) is 4.90 Å². The number of nitrogens with zero attached hydrogens (tertiary/aromatic N) is 1. The molecule has 0 saturated carbocycles. The Labute approximate surface area is 138 Å². The van der Waals surface area contributed by atoms with E-state index in [0.717, 1.165) is 24.2 Å². The summed E-state index contributed by atoms with van der Waals surface area (Å²) >= 11 is 0. The number of rotatable bonds is 8. The Bertz CT molecular complexity index is 565. The molecule has 5 heteroatoms. The number of aryl methyl sites for hydroxylation is 1. The molecule has 1 saturated heterocycles. The lowest BCUT2D eigenvalue weighted by Gasteiger charge is -2.25. The number of hydrogen-bond donors (Lipinski definition) is 1. The quantitative estimate of drug-likeness (QED) is 0.748. The van der Waals surface area contributed by atoms with Crippen LogP contribution in [-0.4, -0.2) is 35.5 Å². The molecular weight excluding hydrogens is 292 g/mol. The molecule has 0 aliphatic carbocycles. The van der Waals surface area contributed by atoms with Crippen LogP contribution in [0.3, 0.4) is 0 Å². The molecule has 23 heavy (non-hydrogen) atoms. The number of nitrogens with one attached hydrogen (secondary N) is 1. The largest absolute Gasteiger partial charge is 0.492 e. The van der Waals surface area contributed by atoms with Crippen molar-refractivity contribution >= 4 is 11.9 Å². The molecule has 0 spiro atoms. The van der Waals surface area contributed by atoms with Crippen LogP contribution in [0.2, 0.25) is 0 Å². The van der Waals surface area contributed by atoms with Gasteiger partial charge in [-0.25, -0.2) is 4.79 Å². The number of imide groups is 1. The fourth-order valence-corrected chi connectivity index (χ4v) is 3.16. The van der Waals surface area contributed by atoms with Crippen LogP contribution in [0.25, 0.3) is 0 Å². The van der Waals surface area contributed by atoms with Crippen LogP contribution in [0.15, 0.2) is 24.3 Å². The molecule has 0 atom stereocenters. The van der Waals surface area contributed by atoms with Crippen molar-refractivity contribution in [2.75, 3.05) is 13.2 Å². The van der Waals surface area contributed by atoms with E-state index in [2.05, 4.69) is 5.32 Å². The molecule has 0 radical (unpaired) electrons. The predicted molar refractivity (Wildman–Crippen MR) is 89.5 cm³/mol. The number of carbonyl (C=O) groups is 2. The summed E-state index contributed by atoms with van der Waals surface area (Å²) in [6, 6.07) is 7.42. The van der Waals surface area contributed by atoms with E-state index >= 15 is 0 Å². The standard InChI is InChI=1S/C18H26N2O3/c1-4-9-18(10-5-2)16(21)20(17(22)19-18)11-12-23-15-8-6-7-14(3)13-15/h6-8,13H,4-5,9-12H2,1-3H3,(H,19,22). The third-order valence-corrected chi connectivity index (χ3v) is 4.17. The lowest BCUT2D eigenvalue weighted by Crippen LogP contribution is -2.47. The van der Waals surface area contributed by atoms with Gasteiger partial charge in [-0.1, -0.05) is 38.8 Å². The van der Waals surface area contributed by atoms with Crippen molar-refractivity contribution in [2.45, 2.75) is 52.0 Å². The fourth-order valence-electron chi connectivity index (χ4n) is 3.16. The molecule has 1 fully saturated rings. The first kappa shape index (κ1) is 17.3. The minimum atomic E-state index is -0.718. The maximum atomic E-state index is 12.7. The molecule has 1 heterocycles. The Balaban J connectivity index is 1.97. The van der Waals surface area contributed by atoms with Gasteiger partial charge in [-0.05, 0) is 37.5 Å². The van der Waals surface area contributed by atoms with E-state index in [9.17, 15) is 9.59 Å². The lowest BCUT2D eigenvalue weighted by atomic mass is 9.88. The minimum Gasteiger partial charge on any atom is -0.492 e. The van der Waals surface area contributed by atoms with Crippen LogP contribution >= 0.6 is 0 Å². The predicted octanol–water partition coefficient (Wildman–Crippen LogP) is 3.26. The molecule has 0 aromatic heterocycles. The van der Waals surface area contributed by atoms with Crippen LogP contribution in [0, 0.1) is 6.92 Å². The Morgan fingerprint density at radius 3 is 2.48 bits per heavy atom. The van der Waals surface area contributed by atoms with Gasteiger partial charge < -0.3 is 10.1 Å². The molecule has 1 N–H and O–H groups in total. The zero-order valence-corrected chi connectivity index (χ0v) is 14.2. The van der Waals surface area contributed by atoms with Crippen molar-refractivity contribution in [3.8, 4) is 5.75 Å². The molecule has 126 valence electrons. The highest BCUT2D eigenvalue weighted by Gasteiger charge is 2.49. The molecule has 1 aliphatic heterocycles. The van der Waals surface area contributed by atoms with Gasteiger partial charge in [0.1, 0.15) is 17.9 Å². The summed E-state index contributed by atoms with van der Waals surface area (Å²) in [6.07, 6.45) is 3.08. The number of hydrogen-bond acceptors (Lipinski definition) is 3. The van der Waals surface area contributed by atoms with E-state index in [4.69, 9.17) is 4.74 Å². The second kappa shape index (κ2) is 7.49. The zero-order chi connectivity index (χ0) is 16.9. The summed E-state index contributed by atoms with van der Waals surface area (Å²) in [5, 5.41) is 2.91. The molecule has 0 unspecified atom stereocenters. The van der Waals surface area contributed by atoms with Crippen LogP contribution in [-0.2, 0) is 4.79 Å². The highest BCUT2D eigenvalue weighted by Crippen LogP contribution is 2.27. The molecule has 0 bridgehead atoms. The van der Waals surface area contributed by atoms with E-state index in [-0.39, 0.29) is 18.5 Å². The first-order chi connectivity index (χ1) is 11.0. The van der Waals surface area contributed by atoms with Crippen LogP contribution in [0.4, 0.5) is 4.79 Å². The number of urea groups is 1. The average molecular weight is 318 g/mol. The second-order valence-corrected chi connectivity index (χ2v) is 6.13. The van der Waals surface area contributed by atoms with Crippen molar-refractivity contribution in [2.24, 2.45) is 0 Å². The first-order valence-electron chi connectivity index (χ1n) is 8.36. The van der Waals surface area contributed by atoms with E-state index in [0.29, 0.717) is 19.4 Å². The van der Waals surface area contributed by atoms with E-state index in [1.54, 1.807) is 0 Å². The topological polar surface area (TPSA) is 58.6 Å². The maximum Gasteiger partial charge on any atom is 0.325 e. The monoisotopic (exact) mass is 318 g/mol. The smallest absolute Gasteiger partial charge is 0.325 e. The summed E-state index contributed by atoms with van der Waals surface area (Å²) in [5.41, 5.74) is 0.395. The third kappa shape index (κ3) is 3.84. The van der Waals surface area contributed by atoms with Crippen molar-refractivity contribution in [1.29, 1.82) is 0 Å².